The molecule has 0 aromatic carbocycles. The Hall–Kier alpha value is -2.36. The minimum absolute atomic E-state index is 0.104. The Morgan fingerprint density at radius 1 is 1.19 bits per heavy atom. The zero-order valence-corrected chi connectivity index (χ0v) is 11.6. The summed E-state index contributed by atoms with van der Waals surface area (Å²) in [6.07, 6.45) is 0.695. The highest BCUT2D eigenvalue weighted by molar-refractivity contribution is 5.87. The first-order chi connectivity index (χ1) is 9.86. The first kappa shape index (κ1) is 18.6. The molecule has 0 aliphatic rings. The van der Waals surface area contributed by atoms with Gasteiger partial charge in [0.05, 0.1) is 6.54 Å². The van der Waals surface area contributed by atoms with E-state index in [2.05, 4.69) is 16.0 Å². The number of aliphatic carboxylic acids is 1. The topological polar surface area (TPSA) is 183 Å². The monoisotopic (exact) mass is 302 g/mol. The number of carbonyl (C=O) groups is 3. The summed E-state index contributed by atoms with van der Waals surface area (Å²) in [7, 11) is 0. The van der Waals surface area contributed by atoms with Crippen molar-refractivity contribution in [3.8, 4) is 0 Å². The third kappa shape index (κ3) is 10.1. The van der Waals surface area contributed by atoms with Crippen LogP contribution >= 0.6 is 0 Å². The lowest BCUT2D eigenvalue weighted by atomic mass is 10.1. The van der Waals surface area contributed by atoms with Gasteiger partial charge in [0.1, 0.15) is 6.04 Å². The van der Waals surface area contributed by atoms with Gasteiger partial charge in [0.25, 0.3) is 0 Å². The van der Waals surface area contributed by atoms with Crippen molar-refractivity contribution in [3.05, 3.63) is 0 Å². The molecule has 0 saturated heterocycles. The molecule has 0 unspecified atom stereocenters. The van der Waals surface area contributed by atoms with Gasteiger partial charge in [0, 0.05) is 19.5 Å². The molecular formula is C11H22N6O4. The maximum atomic E-state index is 11.5. The van der Waals surface area contributed by atoms with Gasteiger partial charge in [0.2, 0.25) is 11.8 Å². The van der Waals surface area contributed by atoms with Crippen LogP contribution in [0.1, 0.15) is 19.3 Å². The Labute approximate surface area is 122 Å². The van der Waals surface area contributed by atoms with Gasteiger partial charge < -0.3 is 32.5 Å². The van der Waals surface area contributed by atoms with Gasteiger partial charge in [-0.05, 0) is 12.8 Å². The summed E-state index contributed by atoms with van der Waals surface area (Å²) in [5.74, 6) is -2.33. The van der Waals surface area contributed by atoms with Crippen molar-refractivity contribution in [1.29, 1.82) is 5.41 Å². The number of nitrogens with two attached hydrogens (primary N) is 2. The van der Waals surface area contributed by atoms with Crippen LogP contribution in [0.5, 0.6) is 0 Å². The van der Waals surface area contributed by atoms with Gasteiger partial charge in [-0.1, -0.05) is 0 Å². The summed E-state index contributed by atoms with van der Waals surface area (Å²) in [5.41, 5.74) is 10.3. The Morgan fingerprint density at radius 2 is 1.86 bits per heavy atom. The van der Waals surface area contributed by atoms with Crippen molar-refractivity contribution in [2.45, 2.75) is 25.3 Å². The number of nitrogens with one attached hydrogen (secondary N) is 4. The van der Waals surface area contributed by atoms with Crippen LogP contribution in [0, 0.1) is 5.41 Å². The van der Waals surface area contributed by atoms with Crippen molar-refractivity contribution in [3.63, 3.8) is 0 Å². The first-order valence-electron chi connectivity index (χ1n) is 6.43. The summed E-state index contributed by atoms with van der Waals surface area (Å²) in [6.45, 7) is 0.213. The second-order valence-corrected chi connectivity index (χ2v) is 4.26. The summed E-state index contributed by atoms with van der Waals surface area (Å²) < 4.78 is 0. The maximum Gasteiger partial charge on any atom is 0.326 e. The van der Waals surface area contributed by atoms with Crippen molar-refractivity contribution < 1.29 is 19.5 Å². The molecule has 9 N–H and O–H groups in total. The van der Waals surface area contributed by atoms with Gasteiger partial charge >= 0.3 is 5.97 Å². The fourth-order valence-electron chi connectivity index (χ4n) is 1.43. The first-order valence-corrected chi connectivity index (χ1v) is 6.43. The van der Waals surface area contributed by atoms with E-state index in [0.29, 0.717) is 13.0 Å². The van der Waals surface area contributed by atoms with E-state index >= 15 is 0 Å². The molecule has 10 nitrogen and oxygen atoms in total. The van der Waals surface area contributed by atoms with Crippen LogP contribution in [0.25, 0.3) is 0 Å². The molecule has 21 heavy (non-hydrogen) atoms. The van der Waals surface area contributed by atoms with Crippen LogP contribution in [0.15, 0.2) is 0 Å². The molecule has 120 valence electrons. The molecule has 0 bridgehead atoms. The average molecular weight is 302 g/mol. The third-order valence-electron chi connectivity index (χ3n) is 2.44. The van der Waals surface area contributed by atoms with Crippen molar-refractivity contribution in [2.75, 3.05) is 19.6 Å². The number of hydrogen-bond donors (Lipinski definition) is 7. The van der Waals surface area contributed by atoms with Crippen molar-refractivity contribution in [1.82, 2.24) is 16.0 Å². The number of carboxylic acids is 1. The van der Waals surface area contributed by atoms with E-state index < -0.39 is 17.9 Å². The highest BCUT2D eigenvalue weighted by Gasteiger charge is 2.19. The van der Waals surface area contributed by atoms with E-state index in [4.69, 9.17) is 22.0 Å². The second-order valence-electron chi connectivity index (χ2n) is 4.26. The van der Waals surface area contributed by atoms with E-state index in [0.717, 1.165) is 0 Å². The largest absolute Gasteiger partial charge is 0.480 e. The molecule has 0 saturated carbocycles. The Bertz CT molecular complexity index is 387. The molecule has 0 heterocycles. The summed E-state index contributed by atoms with van der Waals surface area (Å²) >= 11 is 0. The van der Waals surface area contributed by atoms with Gasteiger partial charge in [-0.3, -0.25) is 15.0 Å². The van der Waals surface area contributed by atoms with Gasteiger partial charge in [-0.15, -0.1) is 0 Å². The van der Waals surface area contributed by atoms with Crippen LogP contribution in [0.4, 0.5) is 0 Å². The second kappa shape index (κ2) is 10.4. The van der Waals surface area contributed by atoms with E-state index in [-0.39, 0.29) is 37.8 Å². The highest BCUT2D eigenvalue weighted by Crippen LogP contribution is 1.97. The lowest BCUT2D eigenvalue weighted by Crippen LogP contribution is -2.46. The molecule has 0 spiro atoms. The Kier molecular flexibility index (Phi) is 9.26. The smallest absolute Gasteiger partial charge is 0.326 e. The minimum Gasteiger partial charge on any atom is -0.480 e. The number of guanidine groups is 1. The Balaban J connectivity index is 4.06. The molecule has 10 heteroatoms. The fraction of sp³-hybridized carbons (Fsp3) is 0.636. The van der Waals surface area contributed by atoms with E-state index in [1.165, 1.54) is 0 Å². The zero-order chi connectivity index (χ0) is 16.3. The lowest BCUT2D eigenvalue weighted by molar-refractivity contribution is -0.141. The van der Waals surface area contributed by atoms with Gasteiger partial charge in [0.15, 0.2) is 5.96 Å². The molecule has 0 aliphatic heterocycles. The summed E-state index contributed by atoms with van der Waals surface area (Å²) in [4.78, 5) is 33.6. The number of rotatable bonds is 10. The van der Waals surface area contributed by atoms with Crippen LogP contribution < -0.4 is 27.4 Å². The number of hydrogen-bond acceptors (Lipinski definition) is 5. The van der Waals surface area contributed by atoms with Crippen molar-refractivity contribution >= 4 is 23.7 Å². The maximum absolute atomic E-state index is 11.5. The predicted molar refractivity (Wildman–Crippen MR) is 75.4 cm³/mol. The average Bonchev–Trinajstić information content (AvgIpc) is 2.39. The molecule has 0 aromatic rings. The number of carboxylic acid groups (broad SMARTS) is 1. The number of carbonyl (C=O) groups excluding carboxylic acids is 2. The zero-order valence-electron chi connectivity index (χ0n) is 11.6. The quantitative estimate of drug-likeness (QED) is 0.130. The lowest BCUT2D eigenvalue weighted by Gasteiger charge is -2.15. The van der Waals surface area contributed by atoms with E-state index in [1.807, 2.05) is 0 Å². The van der Waals surface area contributed by atoms with E-state index in [1.54, 1.807) is 0 Å². The fourth-order valence-corrected chi connectivity index (χ4v) is 1.43. The Morgan fingerprint density at radius 3 is 2.38 bits per heavy atom. The van der Waals surface area contributed by atoms with Crippen LogP contribution in [0.2, 0.25) is 0 Å². The van der Waals surface area contributed by atoms with Gasteiger partial charge in [-0.2, -0.15) is 0 Å². The van der Waals surface area contributed by atoms with E-state index in [9.17, 15) is 14.4 Å². The van der Waals surface area contributed by atoms with Crippen LogP contribution in [-0.4, -0.2) is 54.5 Å². The van der Waals surface area contributed by atoms with Crippen molar-refractivity contribution in [2.24, 2.45) is 11.5 Å². The minimum atomic E-state index is -1.17. The standard InChI is InChI=1S/C11H22N6O4/c12-4-3-8(18)16-6-9(19)17-7(10(20)21)2-1-5-15-11(13)14/h7H,1-6,12H2,(H,16,18)(H,17,19)(H,20,21)(H4,13,14,15)/t7-/m0/s1. The molecule has 0 fully saturated rings. The molecule has 0 aromatic heterocycles. The normalized spacial score (nSPS) is 11.3. The van der Waals surface area contributed by atoms with Crippen LogP contribution in [-0.2, 0) is 14.4 Å². The molecule has 0 radical (unpaired) electrons. The third-order valence-corrected chi connectivity index (χ3v) is 2.44. The number of amides is 2. The predicted octanol–water partition coefficient (Wildman–Crippen LogP) is -2.72. The summed E-state index contributed by atoms with van der Waals surface area (Å²) in [5, 5.41) is 23.1. The highest BCUT2D eigenvalue weighted by atomic mass is 16.4. The SMILES string of the molecule is N=C(N)NCCC[C@H](NC(=O)CNC(=O)CCN)C(=O)O. The molecule has 0 rings (SSSR count). The van der Waals surface area contributed by atoms with Gasteiger partial charge in [-0.25, -0.2) is 4.79 Å². The molecule has 1 atom stereocenters. The molecule has 0 aliphatic carbocycles. The van der Waals surface area contributed by atoms with Crippen LogP contribution in [0.3, 0.4) is 0 Å². The molecular weight excluding hydrogens is 280 g/mol. The molecule has 2 amide bonds. The summed E-state index contributed by atoms with van der Waals surface area (Å²) in [6, 6.07) is -1.06.